The average Bonchev–Trinajstić information content (AvgIpc) is 2.85. The fourth-order valence-corrected chi connectivity index (χ4v) is 3.21. The third-order valence-electron chi connectivity index (χ3n) is 3.06. The van der Waals surface area contributed by atoms with Crippen LogP contribution < -0.4 is 15.0 Å². The van der Waals surface area contributed by atoms with Crippen LogP contribution in [0.1, 0.15) is 6.92 Å². The molecule has 1 aromatic heterocycles. The molecular formula is C13H17N3OS. The Morgan fingerprint density at radius 1 is 1.39 bits per heavy atom. The van der Waals surface area contributed by atoms with Gasteiger partial charge in [-0.3, -0.25) is 0 Å². The van der Waals surface area contributed by atoms with Crippen LogP contribution in [0.2, 0.25) is 0 Å². The second-order valence-corrected chi connectivity index (χ2v) is 5.28. The number of piperazine rings is 1. The maximum Gasteiger partial charge on any atom is 0.186 e. The van der Waals surface area contributed by atoms with Crippen LogP contribution in [0.4, 0.5) is 5.13 Å². The largest absolute Gasteiger partial charge is 0.492 e. The molecule has 1 N–H and O–H groups in total. The molecule has 1 aromatic carbocycles. The molecule has 0 bridgehead atoms. The summed E-state index contributed by atoms with van der Waals surface area (Å²) in [5, 5.41) is 4.47. The van der Waals surface area contributed by atoms with E-state index < -0.39 is 0 Å². The number of nitrogens with one attached hydrogen (secondary N) is 1. The van der Waals surface area contributed by atoms with E-state index in [-0.39, 0.29) is 0 Å². The summed E-state index contributed by atoms with van der Waals surface area (Å²) in [6.07, 6.45) is 0. The normalized spacial score (nSPS) is 16.2. The van der Waals surface area contributed by atoms with Crippen LogP contribution in [-0.2, 0) is 0 Å². The molecule has 0 radical (unpaired) electrons. The standard InChI is InChI=1S/C13H17N3OS/c1-2-17-10-4-3-5-11-12(10)15-13(18-11)16-8-6-14-7-9-16/h3-5,14H,2,6-9H2,1H3. The van der Waals surface area contributed by atoms with E-state index in [0.717, 1.165) is 42.6 Å². The van der Waals surface area contributed by atoms with Gasteiger partial charge in [0.1, 0.15) is 11.3 Å². The highest BCUT2D eigenvalue weighted by atomic mass is 32.1. The van der Waals surface area contributed by atoms with E-state index in [1.807, 2.05) is 19.1 Å². The number of benzene rings is 1. The summed E-state index contributed by atoms with van der Waals surface area (Å²) >= 11 is 1.75. The minimum absolute atomic E-state index is 0.680. The van der Waals surface area contributed by atoms with E-state index in [1.165, 1.54) is 4.70 Å². The molecule has 1 aliphatic heterocycles. The van der Waals surface area contributed by atoms with Crippen molar-refractivity contribution >= 4 is 26.7 Å². The number of rotatable bonds is 3. The number of aromatic nitrogens is 1. The van der Waals surface area contributed by atoms with Crippen molar-refractivity contribution < 1.29 is 4.74 Å². The molecule has 96 valence electrons. The highest BCUT2D eigenvalue weighted by Gasteiger charge is 2.16. The van der Waals surface area contributed by atoms with Crippen LogP contribution in [-0.4, -0.2) is 37.8 Å². The van der Waals surface area contributed by atoms with Crippen LogP contribution in [0.15, 0.2) is 18.2 Å². The maximum atomic E-state index is 5.63. The Kier molecular flexibility index (Phi) is 3.34. The first-order chi connectivity index (χ1) is 8.88. The lowest BCUT2D eigenvalue weighted by atomic mass is 10.3. The van der Waals surface area contributed by atoms with Gasteiger partial charge in [-0.05, 0) is 19.1 Å². The van der Waals surface area contributed by atoms with Crippen molar-refractivity contribution in [2.75, 3.05) is 37.7 Å². The van der Waals surface area contributed by atoms with E-state index >= 15 is 0 Å². The molecule has 1 fully saturated rings. The zero-order valence-electron chi connectivity index (χ0n) is 10.5. The van der Waals surface area contributed by atoms with Crippen molar-refractivity contribution in [2.45, 2.75) is 6.92 Å². The number of hydrogen-bond donors (Lipinski definition) is 1. The number of thiazole rings is 1. The third kappa shape index (κ3) is 2.15. The summed E-state index contributed by atoms with van der Waals surface area (Å²) in [7, 11) is 0. The van der Waals surface area contributed by atoms with Crippen LogP contribution in [0, 0.1) is 0 Å². The Morgan fingerprint density at radius 3 is 3.00 bits per heavy atom. The summed E-state index contributed by atoms with van der Waals surface area (Å²) in [4.78, 5) is 7.09. The predicted molar refractivity (Wildman–Crippen MR) is 75.9 cm³/mol. The van der Waals surface area contributed by atoms with Gasteiger partial charge in [-0.25, -0.2) is 4.98 Å². The molecule has 2 aromatic rings. The van der Waals surface area contributed by atoms with Crippen molar-refractivity contribution in [3.05, 3.63) is 18.2 Å². The number of anilines is 1. The molecule has 3 rings (SSSR count). The fraction of sp³-hybridized carbons (Fsp3) is 0.462. The third-order valence-corrected chi connectivity index (χ3v) is 4.14. The molecule has 0 spiro atoms. The smallest absolute Gasteiger partial charge is 0.186 e. The SMILES string of the molecule is CCOc1cccc2sc(N3CCNCC3)nc12. The molecular weight excluding hydrogens is 246 g/mol. The Labute approximate surface area is 111 Å². The van der Waals surface area contributed by atoms with E-state index in [9.17, 15) is 0 Å². The summed E-state index contributed by atoms with van der Waals surface area (Å²) < 4.78 is 6.84. The summed E-state index contributed by atoms with van der Waals surface area (Å²) in [5.41, 5.74) is 0.998. The Morgan fingerprint density at radius 2 is 2.22 bits per heavy atom. The molecule has 0 unspecified atom stereocenters. The van der Waals surface area contributed by atoms with E-state index in [0.29, 0.717) is 6.61 Å². The molecule has 4 nitrogen and oxygen atoms in total. The highest BCUT2D eigenvalue weighted by Crippen LogP contribution is 2.34. The van der Waals surface area contributed by atoms with Gasteiger partial charge >= 0.3 is 0 Å². The van der Waals surface area contributed by atoms with Gasteiger partial charge < -0.3 is 15.0 Å². The molecule has 0 aliphatic carbocycles. The number of nitrogens with zero attached hydrogens (tertiary/aromatic N) is 2. The molecule has 1 aliphatic rings. The molecule has 1 saturated heterocycles. The average molecular weight is 263 g/mol. The number of hydrogen-bond acceptors (Lipinski definition) is 5. The molecule has 5 heteroatoms. The van der Waals surface area contributed by atoms with Crippen molar-refractivity contribution in [3.8, 4) is 5.75 Å². The lowest BCUT2D eigenvalue weighted by Crippen LogP contribution is -2.43. The van der Waals surface area contributed by atoms with Crippen molar-refractivity contribution in [3.63, 3.8) is 0 Å². The van der Waals surface area contributed by atoms with Crippen LogP contribution >= 0.6 is 11.3 Å². The van der Waals surface area contributed by atoms with Gasteiger partial charge in [-0.15, -0.1) is 0 Å². The number of fused-ring (bicyclic) bond motifs is 1. The highest BCUT2D eigenvalue weighted by molar-refractivity contribution is 7.22. The van der Waals surface area contributed by atoms with Gasteiger partial charge in [0.15, 0.2) is 5.13 Å². The first kappa shape index (κ1) is 11.7. The number of ether oxygens (including phenoxy) is 1. The molecule has 18 heavy (non-hydrogen) atoms. The molecule has 2 heterocycles. The topological polar surface area (TPSA) is 37.4 Å². The first-order valence-electron chi connectivity index (χ1n) is 6.36. The van der Waals surface area contributed by atoms with Crippen molar-refractivity contribution in [2.24, 2.45) is 0 Å². The quantitative estimate of drug-likeness (QED) is 0.920. The van der Waals surface area contributed by atoms with E-state index in [4.69, 9.17) is 9.72 Å². The molecule has 0 atom stereocenters. The maximum absolute atomic E-state index is 5.63. The summed E-state index contributed by atoms with van der Waals surface area (Å²) in [5.74, 6) is 0.896. The monoisotopic (exact) mass is 263 g/mol. The van der Waals surface area contributed by atoms with Crippen molar-refractivity contribution in [1.29, 1.82) is 0 Å². The Bertz CT molecular complexity index is 534. The summed E-state index contributed by atoms with van der Waals surface area (Å²) in [6.45, 7) is 6.82. The minimum Gasteiger partial charge on any atom is -0.492 e. The summed E-state index contributed by atoms with van der Waals surface area (Å²) in [6, 6.07) is 6.14. The minimum atomic E-state index is 0.680. The van der Waals surface area contributed by atoms with Gasteiger partial charge in [0.05, 0.1) is 11.3 Å². The Hall–Kier alpha value is -1.33. The second-order valence-electron chi connectivity index (χ2n) is 4.27. The molecule has 0 amide bonds. The first-order valence-corrected chi connectivity index (χ1v) is 7.18. The van der Waals surface area contributed by atoms with E-state index in [2.05, 4.69) is 16.3 Å². The van der Waals surface area contributed by atoms with Gasteiger partial charge in [0.25, 0.3) is 0 Å². The Balaban J connectivity index is 1.96. The lowest BCUT2D eigenvalue weighted by molar-refractivity contribution is 0.344. The molecule has 0 saturated carbocycles. The second kappa shape index (κ2) is 5.12. The van der Waals surface area contributed by atoms with Gasteiger partial charge in [-0.1, -0.05) is 17.4 Å². The van der Waals surface area contributed by atoms with Crippen LogP contribution in [0.5, 0.6) is 5.75 Å². The van der Waals surface area contributed by atoms with Gasteiger partial charge in [0, 0.05) is 26.2 Å². The predicted octanol–water partition coefficient (Wildman–Crippen LogP) is 2.10. The van der Waals surface area contributed by atoms with Crippen molar-refractivity contribution in [1.82, 2.24) is 10.3 Å². The number of para-hydroxylation sites is 1. The van der Waals surface area contributed by atoms with Gasteiger partial charge in [0.2, 0.25) is 0 Å². The van der Waals surface area contributed by atoms with Gasteiger partial charge in [-0.2, -0.15) is 0 Å². The van der Waals surface area contributed by atoms with Crippen LogP contribution in [0.25, 0.3) is 10.2 Å². The zero-order chi connectivity index (χ0) is 12.4. The van der Waals surface area contributed by atoms with Crippen LogP contribution in [0.3, 0.4) is 0 Å². The fourth-order valence-electron chi connectivity index (χ4n) is 2.17. The van der Waals surface area contributed by atoms with E-state index in [1.54, 1.807) is 11.3 Å². The zero-order valence-corrected chi connectivity index (χ0v) is 11.3. The lowest BCUT2D eigenvalue weighted by Gasteiger charge is -2.26.